The number of aryl methyl sites for hydroxylation is 2. The van der Waals surface area contributed by atoms with E-state index in [1.54, 1.807) is 65.8 Å². The molecule has 0 fully saturated rings. The lowest BCUT2D eigenvalue weighted by molar-refractivity contribution is -0.386. The average molecular weight is 864 g/mol. The number of benzene rings is 4. The zero-order valence-electron chi connectivity index (χ0n) is 33.9. The lowest BCUT2D eigenvalue weighted by atomic mass is 9.84. The van der Waals surface area contributed by atoms with Crippen molar-refractivity contribution in [1.82, 2.24) is 0 Å². The van der Waals surface area contributed by atoms with E-state index in [1.165, 1.54) is 24.3 Å². The number of hydrogen-bond donors (Lipinski definition) is 0. The van der Waals surface area contributed by atoms with E-state index in [9.17, 15) is 39.4 Å². The maximum Gasteiger partial charge on any atom is 0.338 e. The van der Waals surface area contributed by atoms with Gasteiger partial charge in [-0.2, -0.15) is 0 Å². The van der Waals surface area contributed by atoms with Crippen LogP contribution in [0.4, 0.5) is 11.4 Å². The molecule has 0 radical (unpaired) electrons. The van der Waals surface area contributed by atoms with Gasteiger partial charge in [0.1, 0.15) is 37.0 Å². The van der Waals surface area contributed by atoms with E-state index in [0.29, 0.717) is 35.7 Å². The normalized spacial score (nSPS) is 17.9. The molecule has 0 aromatic heterocycles. The number of ether oxygens (including phenoxy) is 4. The van der Waals surface area contributed by atoms with Crippen molar-refractivity contribution < 1.29 is 48.0 Å². The average Bonchev–Trinajstić information content (AvgIpc) is 3.72. The van der Waals surface area contributed by atoms with Crippen LogP contribution >= 0.6 is 23.2 Å². The molecule has 0 saturated carbocycles. The molecule has 0 bridgehead atoms. The molecule has 2 aliphatic rings. The quantitative estimate of drug-likeness (QED) is 0.0568. The lowest BCUT2D eigenvalue weighted by Crippen LogP contribution is -2.32. The van der Waals surface area contributed by atoms with E-state index in [-0.39, 0.29) is 47.2 Å². The molecule has 14 nitrogen and oxygen atoms in total. The van der Waals surface area contributed by atoms with Gasteiger partial charge in [0.05, 0.1) is 31.8 Å². The first-order chi connectivity index (χ1) is 28.1. The van der Waals surface area contributed by atoms with Gasteiger partial charge in [-0.3, -0.25) is 20.2 Å². The largest absolute Gasteiger partial charge is 0.485 e. The van der Waals surface area contributed by atoms with Crippen LogP contribution in [0.1, 0.15) is 97.4 Å². The number of carbonyl (C=O) groups excluding carboxylic acids is 4. The maximum absolute atomic E-state index is 12.2. The van der Waals surface area contributed by atoms with Gasteiger partial charge >= 0.3 is 23.3 Å². The van der Waals surface area contributed by atoms with Gasteiger partial charge in [-0.25, -0.2) is 9.59 Å². The molecule has 0 spiro atoms. The number of halogens is 2. The topological polar surface area (TPSA) is 191 Å². The molecule has 2 aliphatic carbocycles. The van der Waals surface area contributed by atoms with E-state index in [1.807, 2.05) is 12.1 Å². The van der Waals surface area contributed by atoms with Gasteiger partial charge in [0.15, 0.2) is 11.5 Å². The fourth-order valence-corrected chi connectivity index (χ4v) is 7.40. The number of nitro groups is 2. The Balaban J connectivity index is 0.000000228. The maximum atomic E-state index is 12.2. The van der Waals surface area contributed by atoms with Crippen LogP contribution in [-0.4, -0.2) is 58.8 Å². The van der Waals surface area contributed by atoms with Crippen LogP contribution in [0.5, 0.6) is 11.5 Å². The van der Waals surface area contributed by atoms with Crippen LogP contribution in [-0.2, 0) is 42.7 Å². The van der Waals surface area contributed by atoms with Gasteiger partial charge in [-0.05, 0) is 138 Å². The van der Waals surface area contributed by atoms with E-state index >= 15 is 0 Å². The smallest absolute Gasteiger partial charge is 0.338 e. The highest BCUT2D eigenvalue weighted by atomic mass is 35.5. The summed E-state index contributed by atoms with van der Waals surface area (Å²) in [5.74, 6) is -1.36. The van der Waals surface area contributed by atoms with Crippen LogP contribution in [0.3, 0.4) is 0 Å². The number of hydrogen-bond acceptors (Lipinski definition) is 12. The summed E-state index contributed by atoms with van der Waals surface area (Å²) >= 11 is 12.1. The highest BCUT2D eigenvalue weighted by molar-refractivity contribution is 6.31. The van der Waals surface area contributed by atoms with Crippen molar-refractivity contribution in [3.63, 3.8) is 0 Å². The third-order valence-electron chi connectivity index (χ3n) is 9.89. The Morgan fingerprint density at radius 3 is 1.32 bits per heavy atom. The monoisotopic (exact) mass is 862 g/mol. The number of nitrogens with zero attached hydrogens (tertiary/aromatic N) is 2. The lowest BCUT2D eigenvalue weighted by Gasteiger charge is -2.24. The van der Waals surface area contributed by atoms with Gasteiger partial charge in [-0.15, -0.1) is 0 Å². The van der Waals surface area contributed by atoms with Crippen LogP contribution in [0.15, 0.2) is 72.8 Å². The molecule has 2 atom stereocenters. The third-order valence-corrected chi connectivity index (χ3v) is 10.4. The molecule has 0 aliphatic heterocycles. The molecule has 0 N–H and O–H groups in total. The zero-order valence-corrected chi connectivity index (χ0v) is 35.4. The van der Waals surface area contributed by atoms with Crippen molar-refractivity contribution in [2.24, 2.45) is 0 Å². The summed E-state index contributed by atoms with van der Waals surface area (Å²) in [7, 11) is 0. The Labute approximate surface area is 356 Å². The molecule has 16 heteroatoms. The van der Waals surface area contributed by atoms with Gasteiger partial charge in [0.2, 0.25) is 0 Å². The zero-order chi connectivity index (χ0) is 44.2. The summed E-state index contributed by atoms with van der Waals surface area (Å²) in [6.45, 7) is 10.1. The number of esters is 2. The minimum Gasteiger partial charge on any atom is -0.485 e. The predicted molar refractivity (Wildman–Crippen MR) is 223 cm³/mol. The van der Waals surface area contributed by atoms with Crippen LogP contribution in [0.25, 0.3) is 0 Å². The molecule has 0 unspecified atom stereocenters. The Bertz CT molecular complexity index is 2190. The van der Waals surface area contributed by atoms with Crippen molar-refractivity contribution >= 4 is 59.1 Å². The van der Waals surface area contributed by atoms with Crippen LogP contribution in [0, 0.1) is 20.2 Å². The van der Waals surface area contributed by atoms with Gasteiger partial charge < -0.3 is 28.5 Å². The Morgan fingerprint density at radius 1 is 0.633 bits per heavy atom. The molecule has 60 heavy (non-hydrogen) atoms. The molecular weight excluding hydrogens is 819 g/mol. The Morgan fingerprint density at radius 2 is 1.00 bits per heavy atom. The Hall–Kier alpha value is -5.86. The third kappa shape index (κ3) is 10.5. The molecule has 0 heterocycles. The van der Waals surface area contributed by atoms with Crippen LogP contribution < -0.4 is 9.47 Å². The second-order valence-electron chi connectivity index (χ2n) is 16.6. The number of nitro benzene ring substituents is 2. The second-order valence-corrected chi connectivity index (χ2v) is 17.5. The van der Waals surface area contributed by atoms with Crippen LogP contribution in [0.2, 0.25) is 10.0 Å². The first-order valence-corrected chi connectivity index (χ1v) is 19.6. The summed E-state index contributed by atoms with van der Waals surface area (Å²) in [6, 6.07) is 18.4. The van der Waals surface area contributed by atoms with E-state index in [0.717, 1.165) is 47.0 Å². The number of aldehydes is 2. The predicted octanol–water partition coefficient (Wildman–Crippen LogP) is 9.33. The molecule has 0 saturated heterocycles. The first kappa shape index (κ1) is 45.2. The molecule has 4 aromatic carbocycles. The summed E-state index contributed by atoms with van der Waals surface area (Å²) < 4.78 is 22.0. The fourth-order valence-electron chi connectivity index (χ4n) is 7.01. The van der Waals surface area contributed by atoms with Crippen molar-refractivity contribution in [3.05, 3.63) is 136 Å². The number of carbonyl (C=O) groups is 4. The van der Waals surface area contributed by atoms with E-state index in [2.05, 4.69) is 0 Å². The van der Waals surface area contributed by atoms with Crippen molar-refractivity contribution in [2.75, 3.05) is 13.2 Å². The van der Waals surface area contributed by atoms with Crippen molar-refractivity contribution in [3.8, 4) is 11.5 Å². The van der Waals surface area contributed by atoms with Crippen molar-refractivity contribution in [1.29, 1.82) is 0 Å². The summed E-state index contributed by atoms with van der Waals surface area (Å²) in [6.07, 6.45) is 4.03. The van der Waals surface area contributed by atoms with Gasteiger partial charge in [0, 0.05) is 22.2 Å². The van der Waals surface area contributed by atoms with E-state index < -0.39 is 43.8 Å². The Kier molecular flexibility index (Phi) is 13.4. The number of fused-ring (bicyclic) bond motifs is 2. The minimum absolute atomic E-state index is 0.0176. The SMILES string of the molecule is CC(C)(C)OC(=O)c1ccc(OC[C@@]2(C=O)CCc3cc(Cl)ccc32)c([N+](=O)[O-])c1.CC(C)(C)OC(=O)c1ccc(OC[C@]2(C=O)CCc3cc(Cl)ccc32)c([N+](=O)[O-])c1. The first-order valence-electron chi connectivity index (χ1n) is 18.9. The van der Waals surface area contributed by atoms with Gasteiger partial charge in [0.25, 0.3) is 0 Å². The summed E-state index contributed by atoms with van der Waals surface area (Å²) in [5, 5.41) is 24.3. The summed E-state index contributed by atoms with van der Waals surface area (Å²) in [4.78, 5) is 70.3. The fraction of sp³-hybridized carbons (Fsp3) is 0.364. The highest BCUT2D eigenvalue weighted by Gasteiger charge is 2.41. The molecule has 316 valence electrons. The molecular formula is C44H44Cl2N2O12. The standard InChI is InChI=1S/2C22H22ClNO6/c2*1-21(2,3)30-20(26)15-4-7-19(18(11-15)24(27)28)29-13-22(12-25)9-8-14-10-16(23)5-6-17(14)22/h2*4-7,10-12H,8-9,13H2,1-3H3/t2*22-/m10/s1. The van der Waals surface area contributed by atoms with Crippen molar-refractivity contribution in [2.45, 2.75) is 89.3 Å². The molecule has 4 aromatic rings. The second kappa shape index (κ2) is 17.8. The van der Waals surface area contributed by atoms with E-state index in [4.69, 9.17) is 42.1 Å². The minimum atomic E-state index is -0.905. The summed E-state index contributed by atoms with van der Waals surface area (Å²) in [5.41, 5.74) is -0.334. The highest BCUT2D eigenvalue weighted by Crippen LogP contribution is 2.42. The molecule has 0 amide bonds. The molecule has 6 rings (SSSR count). The van der Waals surface area contributed by atoms with Gasteiger partial charge in [-0.1, -0.05) is 35.3 Å². The number of rotatable bonds is 12.